The predicted molar refractivity (Wildman–Crippen MR) is 87.1 cm³/mol. The molecule has 112 valence electrons. The van der Waals surface area contributed by atoms with Crippen molar-refractivity contribution in [3.05, 3.63) is 70.3 Å². The van der Waals surface area contributed by atoms with Crippen LogP contribution < -0.4 is 0 Å². The third-order valence-corrected chi connectivity index (χ3v) is 4.23. The Morgan fingerprint density at radius 3 is 2.55 bits per heavy atom. The van der Waals surface area contributed by atoms with Gasteiger partial charge in [0.2, 0.25) is 0 Å². The Bertz CT molecular complexity index is 774. The van der Waals surface area contributed by atoms with Crippen LogP contribution in [0.2, 0.25) is 10.0 Å². The highest BCUT2D eigenvalue weighted by Gasteiger charge is 2.16. The molecule has 0 fully saturated rings. The van der Waals surface area contributed by atoms with Crippen LogP contribution in [0.4, 0.5) is 0 Å². The second-order valence-corrected chi connectivity index (χ2v) is 5.58. The van der Waals surface area contributed by atoms with Gasteiger partial charge in [-0.2, -0.15) is 0 Å². The number of aliphatic hydroxyl groups is 1. The number of hydrogen-bond acceptors (Lipinski definition) is 3. The van der Waals surface area contributed by atoms with Gasteiger partial charge in [0.25, 0.3) is 0 Å². The zero-order chi connectivity index (χ0) is 15.5. The molecule has 1 aromatic heterocycles. The van der Waals surface area contributed by atoms with Gasteiger partial charge in [-0.25, -0.2) is 4.68 Å². The van der Waals surface area contributed by atoms with Crippen molar-refractivity contribution >= 4 is 23.2 Å². The van der Waals surface area contributed by atoms with Crippen LogP contribution in [0.5, 0.6) is 0 Å². The molecule has 3 aromatic rings. The second-order valence-electron chi connectivity index (χ2n) is 4.79. The Morgan fingerprint density at radius 2 is 1.82 bits per heavy atom. The van der Waals surface area contributed by atoms with Gasteiger partial charge in [-0.1, -0.05) is 70.9 Å². The molecule has 1 N–H and O–H groups in total. The van der Waals surface area contributed by atoms with Gasteiger partial charge in [-0.3, -0.25) is 0 Å². The van der Waals surface area contributed by atoms with E-state index in [4.69, 9.17) is 23.2 Å². The first-order valence-electron chi connectivity index (χ1n) is 6.72. The lowest BCUT2D eigenvalue weighted by Crippen LogP contribution is -2.15. The van der Waals surface area contributed by atoms with Crippen molar-refractivity contribution in [1.29, 1.82) is 0 Å². The first kappa shape index (κ1) is 15.0. The van der Waals surface area contributed by atoms with Crippen molar-refractivity contribution in [2.24, 2.45) is 0 Å². The number of rotatable bonds is 4. The molecule has 0 aliphatic carbocycles. The van der Waals surface area contributed by atoms with Crippen LogP contribution >= 0.6 is 23.2 Å². The smallest absolute Gasteiger partial charge is 0.114 e. The molecule has 0 saturated carbocycles. The first-order valence-corrected chi connectivity index (χ1v) is 7.48. The number of aliphatic hydroxyl groups excluding tert-OH is 1. The Labute approximate surface area is 137 Å². The van der Waals surface area contributed by atoms with Gasteiger partial charge in [-0.05, 0) is 11.6 Å². The van der Waals surface area contributed by atoms with E-state index in [-0.39, 0.29) is 12.6 Å². The summed E-state index contributed by atoms with van der Waals surface area (Å²) < 4.78 is 1.63. The highest BCUT2D eigenvalue weighted by molar-refractivity contribution is 6.43. The molecule has 0 spiro atoms. The van der Waals surface area contributed by atoms with Crippen molar-refractivity contribution in [2.45, 2.75) is 6.04 Å². The predicted octanol–water partition coefficient (Wildman–Crippen LogP) is 3.83. The molecule has 22 heavy (non-hydrogen) atoms. The maximum atomic E-state index is 9.68. The van der Waals surface area contributed by atoms with Gasteiger partial charge in [0, 0.05) is 5.56 Å². The van der Waals surface area contributed by atoms with Gasteiger partial charge >= 0.3 is 0 Å². The maximum Gasteiger partial charge on any atom is 0.114 e. The van der Waals surface area contributed by atoms with Crippen LogP contribution in [0.1, 0.15) is 11.6 Å². The summed E-state index contributed by atoms with van der Waals surface area (Å²) in [4.78, 5) is 0. The van der Waals surface area contributed by atoms with Crippen LogP contribution in [0.15, 0.2) is 54.7 Å². The second kappa shape index (κ2) is 6.48. The van der Waals surface area contributed by atoms with Gasteiger partial charge < -0.3 is 5.11 Å². The van der Waals surface area contributed by atoms with Crippen LogP contribution in [-0.4, -0.2) is 26.7 Å². The van der Waals surface area contributed by atoms with Crippen molar-refractivity contribution in [3.63, 3.8) is 0 Å². The topological polar surface area (TPSA) is 50.9 Å². The van der Waals surface area contributed by atoms with Gasteiger partial charge in [-0.15, -0.1) is 5.10 Å². The molecule has 1 atom stereocenters. The van der Waals surface area contributed by atoms with Crippen LogP contribution in [0.25, 0.3) is 11.3 Å². The summed E-state index contributed by atoms with van der Waals surface area (Å²) in [6.07, 6.45) is 1.76. The minimum atomic E-state index is -0.291. The molecule has 6 heteroatoms. The molecule has 4 nitrogen and oxygen atoms in total. The average molecular weight is 334 g/mol. The van der Waals surface area contributed by atoms with Crippen molar-refractivity contribution in [3.8, 4) is 11.3 Å². The molecule has 0 saturated heterocycles. The summed E-state index contributed by atoms with van der Waals surface area (Å²) in [6.45, 7) is -0.0733. The largest absolute Gasteiger partial charge is 0.394 e. The Morgan fingerprint density at radius 1 is 1.05 bits per heavy atom. The first-order chi connectivity index (χ1) is 10.7. The van der Waals surface area contributed by atoms with Crippen LogP contribution in [0, 0.1) is 0 Å². The van der Waals surface area contributed by atoms with Gasteiger partial charge in [0.15, 0.2) is 0 Å². The van der Waals surface area contributed by atoms with E-state index in [1.807, 2.05) is 42.5 Å². The number of benzene rings is 2. The van der Waals surface area contributed by atoms with Gasteiger partial charge in [0.1, 0.15) is 11.7 Å². The summed E-state index contributed by atoms with van der Waals surface area (Å²) in [6, 6.07) is 14.7. The third kappa shape index (κ3) is 2.86. The SMILES string of the molecule is OC[C@@H](c1ccccc1)n1cc(-c2cccc(Cl)c2Cl)nn1. The van der Waals surface area contributed by atoms with Crippen molar-refractivity contribution < 1.29 is 5.11 Å². The third-order valence-electron chi connectivity index (χ3n) is 3.41. The number of nitrogens with zero attached hydrogens (tertiary/aromatic N) is 3. The van der Waals surface area contributed by atoms with E-state index in [1.165, 1.54) is 0 Å². The van der Waals surface area contributed by atoms with Crippen molar-refractivity contribution in [1.82, 2.24) is 15.0 Å². The monoisotopic (exact) mass is 333 g/mol. The zero-order valence-corrected chi connectivity index (χ0v) is 13.0. The average Bonchev–Trinajstić information content (AvgIpc) is 3.01. The highest BCUT2D eigenvalue weighted by Crippen LogP contribution is 2.32. The zero-order valence-electron chi connectivity index (χ0n) is 11.5. The lowest BCUT2D eigenvalue weighted by Gasteiger charge is -2.14. The lowest BCUT2D eigenvalue weighted by atomic mass is 10.1. The molecule has 0 amide bonds. The Hall–Kier alpha value is -1.88. The molecule has 0 aliphatic rings. The summed E-state index contributed by atoms with van der Waals surface area (Å²) in [5.41, 5.74) is 2.28. The number of hydrogen-bond donors (Lipinski definition) is 1. The molecule has 0 aliphatic heterocycles. The Balaban J connectivity index is 1.98. The highest BCUT2D eigenvalue weighted by atomic mass is 35.5. The molecule has 0 bridgehead atoms. The summed E-state index contributed by atoms with van der Waals surface area (Å²) in [5, 5.41) is 18.8. The fourth-order valence-corrected chi connectivity index (χ4v) is 2.67. The van der Waals surface area contributed by atoms with Crippen LogP contribution in [0.3, 0.4) is 0 Å². The Kier molecular flexibility index (Phi) is 4.43. The van der Waals surface area contributed by atoms with E-state index in [0.29, 0.717) is 21.3 Å². The molecular weight excluding hydrogens is 321 g/mol. The molecular formula is C16H13Cl2N3O. The summed E-state index contributed by atoms with van der Waals surface area (Å²) in [5.74, 6) is 0. The molecule has 0 unspecified atom stereocenters. The fourth-order valence-electron chi connectivity index (χ4n) is 2.27. The molecule has 0 radical (unpaired) electrons. The standard InChI is InChI=1S/C16H13Cl2N3O/c17-13-8-4-7-12(16(13)18)14-9-21(20-19-14)15(10-22)11-5-2-1-3-6-11/h1-9,15,22H,10H2/t15-/m0/s1. The van der Waals surface area contributed by atoms with E-state index in [0.717, 1.165) is 5.56 Å². The van der Waals surface area contributed by atoms with Crippen LogP contribution in [-0.2, 0) is 0 Å². The molecule has 2 aromatic carbocycles. The minimum absolute atomic E-state index is 0.0733. The minimum Gasteiger partial charge on any atom is -0.394 e. The maximum absolute atomic E-state index is 9.68. The normalized spacial score (nSPS) is 12.3. The van der Waals surface area contributed by atoms with E-state index < -0.39 is 0 Å². The number of aromatic nitrogens is 3. The van der Waals surface area contributed by atoms with E-state index in [2.05, 4.69) is 10.3 Å². The van der Waals surface area contributed by atoms with Gasteiger partial charge in [0.05, 0.1) is 22.8 Å². The molecule has 1 heterocycles. The van der Waals surface area contributed by atoms with E-state index in [9.17, 15) is 5.11 Å². The van der Waals surface area contributed by atoms with E-state index >= 15 is 0 Å². The molecule has 3 rings (SSSR count). The lowest BCUT2D eigenvalue weighted by molar-refractivity contribution is 0.239. The van der Waals surface area contributed by atoms with E-state index in [1.54, 1.807) is 16.9 Å². The summed E-state index contributed by atoms with van der Waals surface area (Å²) >= 11 is 12.2. The number of halogens is 2. The summed E-state index contributed by atoms with van der Waals surface area (Å²) in [7, 11) is 0. The van der Waals surface area contributed by atoms with Crippen molar-refractivity contribution in [2.75, 3.05) is 6.61 Å². The quantitative estimate of drug-likeness (QED) is 0.789. The fraction of sp³-hybridized carbons (Fsp3) is 0.125.